The highest BCUT2D eigenvalue weighted by atomic mass is 16.5. The quantitative estimate of drug-likeness (QED) is 0.668. The van der Waals surface area contributed by atoms with E-state index in [1.807, 2.05) is 13.8 Å². The van der Waals surface area contributed by atoms with Crippen LogP contribution in [0.5, 0.6) is 0 Å². The summed E-state index contributed by atoms with van der Waals surface area (Å²) < 4.78 is 5.10. The summed E-state index contributed by atoms with van der Waals surface area (Å²) in [4.78, 5) is 12.2. The Morgan fingerprint density at radius 1 is 1.50 bits per heavy atom. The molecule has 0 saturated carbocycles. The first-order valence-corrected chi connectivity index (χ1v) is 5.96. The van der Waals surface area contributed by atoms with Crippen molar-refractivity contribution >= 4 is 5.78 Å². The zero-order chi connectivity index (χ0) is 12.1. The van der Waals surface area contributed by atoms with Crippen LogP contribution in [0.4, 0.5) is 0 Å². The molecule has 0 aromatic carbocycles. The van der Waals surface area contributed by atoms with E-state index in [0.717, 1.165) is 12.8 Å². The molecular weight excluding hydrogens is 200 g/mol. The summed E-state index contributed by atoms with van der Waals surface area (Å²) in [6.07, 6.45) is 6.15. The number of ketones is 1. The van der Waals surface area contributed by atoms with Gasteiger partial charge in [-0.3, -0.25) is 4.79 Å². The molecule has 0 amide bonds. The molecule has 2 nitrogen and oxygen atoms in total. The first kappa shape index (κ1) is 13.2. The number of methoxy groups -OCH3 is 1. The van der Waals surface area contributed by atoms with Crippen molar-refractivity contribution < 1.29 is 9.53 Å². The Kier molecular flexibility index (Phi) is 4.94. The SMILES string of the molecule is COCCC1=CCC=C(C)C1C(=O)C(C)C. The lowest BCUT2D eigenvalue weighted by molar-refractivity contribution is -0.123. The van der Waals surface area contributed by atoms with Crippen LogP contribution in [-0.2, 0) is 9.53 Å². The van der Waals surface area contributed by atoms with E-state index < -0.39 is 0 Å². The fourth-order valence-corrected chi connectivity index (χ4v) is 2.13. The van der Waals surface area contributed by atoms with Gasteiger partial charge in [-0.2, -0.15) is 0 Å². The van der Waals surface area contributed by atoms with Gasteiger partial charge in [-0.1, -0.05) is 37.1 Å². The van der Waals surface area contributed by atoms with Crippen molar-refractivity contribution in [2.75, 3.05) is 13.7 Å². The average Bonchev–Trinajstić information content (AvgIpc) is 2.25. The monoisotopic (exact) mass is 222 g/mol. The minimum atomic E-state index is 0.00361. The highest BCUT2D eigenvalue weighted by molar-refractivity contribution is 5.88. The van der Waals surface area contributed by atoms with Crippen molar-refractivity contribution in [3.8, 4) is 0 Å². The van der Waals surface area contributed by atoms with E-state index in [9.17, 15) is 4.79 Å². The minimum absolute atomic E-state index is 0.00361. The number of allylic oxidation sites excluding steroid dienone is 3. The maximum absolute atomic E-state index is 12.2. The molecule has 0 spiro atoms. The number of hydrogen-bond donors (Lipinski definition) is 0. The van der Waals surface area contributed by atoms with E-state index >= 15 is 0 Å². The Hall–Kier alpha value is -0.890. The molecular formula is C14H22O2. The molecule has 1 unspecified atom stereocenters. The van der Waals surface area contributed by atoms with Gasteiger partial charge in [0.15, 0.2) is 0 Å². The zero-order valence-corrected chi connectivity index (χ0v) is 10.7. The topological polar surface area (TPSA) is 26.3 Å². The van der Waals surface area contributed by atoms with E-state index in [1.54, 1.807) is 7.11 Å². The van der Waals surface area contributed by atoms with Crippen molar-refractivity contribution in [1.29, 1.82) is 0 Å². The van der Waals surface area contributed by atoms with Gasteiger partial charge >= 0.3 is 0 Å². The fourth-order valence-electron chi connectivity index (χ4n) is 2.13. The van der Waals surface area contributed by atoms with Crippen molar-refractivity contribution in [2.24, 2.45) is 11.8 Å². The zero-order valence-electron chi connectivity index (χ0n) is 10.7. The van der Waals surface area contributed by atoms with Crippen LogP contribution < -0.4 is 0 Å². The molecule has 0 heterocycles. The van der Waals surface area contributed by atoms with Crippen molar-refractivity contribution in [1.82, 2.24) is 0 Å². The van der Waals surface area contributed by atoms with Gasteiger partial charge < -0.3 is 4.74 Å². The maximum Gasteiger partial charge on any atom is 0.146 e. The van der Waals surface area contributed by atoms with E-state index in [2.05, 4.69) is 19.1 Å². The summed E-state index contributed by atoms with van der Waals surface area (Å²) in [6, 6.07) is 0. The first-order chi connectivity index (χ1) is 7.57. The third-order valence-electron chi connectivity index (χ3n) is 3.09. The minimum Gasteiger partial charge on any atom is -0.384 e. The van der Waals surface area contributed by atoms with Crippen LogP contribution in [-0.4, -0.2) is 19.5 Å². The molecule has 1 aliphatic carbocycles. The van der Waals surface area contributed by atoms with Crippen LogP contribution in [0.15, 0.2) is 23.3 Å². The van der Waals surface area contributed by atoms with Crippen molar-refractivity contribution in [3.63, 3.8) is 0 Å². The fraction of sp³-hybridized carbons (Fsp3) is 0.643. The Bertz CT molecular complexity index is 311. The lowest BCUT2D eigenvalue weighted by Crippen LogP contribution is -2.25. The van der Waals surface area contributed by atoms with Crippen LogP contribution in [0.1, 0.15) is 33.6 Å². The summed E-state index contributed by atoms with van der Waals surface area (Å²) in [5, 5.41) is 0. The van der Waals surface area contributed by atoms with Crippen LogP contribution in [0.25, 0.3) is 0 Å². The Morgan fingerprint density at radius 3 is 2.75 bits per heavy atom. The predicted molar refractivity (Wildman–Crippen MR) is 66.3 cm³/mol. The normalized spacial score (nSPS) is 20.7. The van der Waals surface area contributed by atoms with Crippen molar-refractivity contribution in [2.45, 2.75) is 33.6 Å². The van der Waals surface area contributed by atoms with Gasteiger partial charge in [-0.05, 0) is 19.8 Å². The summed E-state index contributed by atoms with van der Waals surface area (Å²) in [7, 11) is 1.70. The Morgan fingerprint density at radius 2 is 2.19 bits per heavy atom. The maximum atomic E-state index is 12.2. The summed E-state index contributed by atoms with van der Waals surface area (Å²) in [5.41, 5.74) is 2.44. The van der Waals surface area contributed by atoms with Gasteiger partial charge in [-0.15, -0.1) is 0 Å². The molecule has 1 aliphatic rings. The average molecular weight is 222 g/mol. The molecule has 0 N–H and O–H groups in total. The standard InChI is InChI=1S/C14H22O2/c1-10(2)14(15)13-11(3)6-5-7-12(13)8-9-16-4/h6-7,10,13H,5,8-9H2,1-4H3. The highest BCUT2D eigenvalue weighted by Gasteiger charge is 2.27. The number of carbonyl (C=O) groups is 1. The second-order valence-corrected chi connectivity index (χ2v) is 4.70. The molecule has 0 aromatic heterocycles. The molecule has 1 rings (SSSR count). The molecule has 90 valence electrons. The largest absolute Gasteiger partial charge is 0.384 e. The third kappa shape index (κ3) is 3.05. The number of Topliss-reactive ketones (excluding diaryl/α,β-unsaturated/α-hetero) is 1. The second kappa shape index (κ2) is 6.00. The van der Waals surface area contributed by atoms with Gasteiger partial charge in [0, 0.05) is 19.6 Å². The number of carbonyl (C=O) groups excluding carboxylic acids is 1. The summed E-state index contributed by atoms with van der Waals surface area (Å²) in [5.74, 6) is 0.428. The van der Waals surface area contributed by atoms with Crippen LogP contribution in [0.3, 0.4) is 0 Å². The van der Waals surface area contributed by atoms with E-state index in [0.29, 0.717) is 12.4 Å². The summed E-state index contributed by atoms with van der Waals surface area (Å²) in [6.45, 7) is 6.70. The molecule has 1 atom stereocenters. The molecule has 2 heteroatoms. The molecule has 0 saturated heterocycles. The van der Waals surface area contributed by atoms with Gasteiger partial charge in [0.25, 0.3) is 0 Å². The number of hydrogen-bond acceptors (Lipinski definition) is 2. The lowest BCUT2D eigenvalue weighted by atomic mass is 9.79. The van der Waals surface area contributed by atoms with E-state index in [4.69, 9.17) is 4.74 Å². The van der Waals surface area contributed by atoms with E-state index in [-0.39, 0.29) is 11.8 Å². The molecule has 0 aromatic rings. The van der Waals surface area contributed by atoms with Crippen molar-refractivity contribution in [3.05, 3.63) is 23.3 Å². The smallest absolute Gasteiger partial charge is 0.146 e. The predicted octanol–water partition coefficient (Wildman–Crippen LogP) is 3.14. The summed E-state index contributed by atoms with van der Waals surface area (Å²) >= 11 is 0. The Balaban J connectivity index is 2.81. The van der Waals surface area contributed by atoms with E-state index in [1.165, 1.54) is 11.1 Å². The van der Waals surface area contributed by atoms with Gasteiger partial charge in [0.05, 0.1) is 5.92 Å². The van der Waals surface area contributed by atoms with Gasteiger partial charge in [-0.25, -0.2) is 0 Å². The number of ether oxygens (including phenoxy) is 1. The molecule has 0 aliphatic heterocycles. The third-order valence-corrected chi connectivity index (χ3v) is 3.09. The van der Waals surface area contributed by atoms with Gasteiger partial charge in [0.1, 0.15) is 5.78 Å². The first-order valence-electron chi connectivity index (χ1n) is 5.96. The van der Waals surface area contributed by atoms with Crippen LogP contribution in [0.2, 0.25) is 0 Å². The molecule has 0 bridgehead atoms. The molecule has 0 radical (unpaired) electrons. The van der Waals surface area contributed by atoms with Crippen LogP contribution >= 0.6 is 0 Å². The number of rotatable bonds is 5. The van der Waals surface area contributed by atoms with Gasteiger partial charge in [0.2, 0.25) is 0 Å². The Labute approximate surface area is 98.4 Å². The lowest BCUT2D eigenvalue weighted by Gasteiger charge is -2.25. The second-order valence-electron chi connectivity index (χ2n) is 4.70. The highest BCUT2D eigenvalue weighted by Crippen LogP contribution is 2.30. The molecule has 16 heavy (non-hydrogen) atoms. The van der Waals surface area contributed by atoms with Crippen LogP contribution in [0, 0.1) is 11.8 Å². The molecule has 0 fully saturated rings.